The lowest BCUT2D eigenvalue weighted by atomic mass is 10.0. The van der Waals surface area contributed by atoms with Gasteiger partial charge in [-0.1, -0.05) is 60.7 Å². The van der Waals surface area contributed by atoms with E-state index in [0.717, 1.165) is 11.1 Å². The van der Waals surface area contributed by atoms with Crippen LogP contribution in [0.1, 0.15) is 11.1 Å². The highest BCUT2D eigenvalue weighted by molar-refractivity contribution is 5.76. The van der Waals surface area contributed by atoms with Gasteiger partial charge in [-0.25, -0.2) is 0 Å². The molecule has 0 aliphatic rings. The first-order valence-corrected chi connectivity index (χ1v) is 10.7. The molecular weight excluding hydrogens is 444 g/mol. The number of nitrogens with two attached hydrogens (primary N) is 2. The summed E-state index contributed by atoms with van der Waals surface area (Å²) in [5.41, 5.74) is 5.71. The predicted molar refractivity (Wildman–Crippen MR) is 122 cm³/mol. The minimum absolute atomic E-state index is 0.160. The van der Waals surface area contributed by atoms with Crippen LogP contribution in [0, 0.1) is 0 Å². The van der Waals surface area contributed by atoms with Crippen LogP contribution in [0.4, 0.5) is 0 Å². The monoisotopic (exact) mass is 478 g/mol. The van der Waals surface area contributed by atoms with E-state index in [-0.39, 0.29) is 12.8 Å². The van der Waals surface area contributed by atoms with Gasteiger partial charge in [-0.3, -0.25) is 9.59 Å². The van der Waals surface area contributed by atoms with Gasteiger partial charge in [0.15, 0.2) is 0 Å². The Bertz CT molecular complexity index is 849. The molecule has 0 aliphatic heterocycles. The van der Waals surface area contributed by atoms with Crippen LogP contribution in [0.2, 0.25) is 2.82 Å². The minimum Gasteiger partial charge on any atom is -0.462 e. The Morgan fingerprint density at radius 2 is 1.06 bits per heavy atom. The lowest BCUT2D eigenvalue weighted by Crippen LogP contribution is -2.49. The van der Waals surface area contributed by atoms with Gasteiger partial charge in [-0.2, -0.15) is 0 Å². The minimum atomic E-state index is -1.93. The van der Waals surface area contributed by atoms with Gasteiger partial charge >= 0.3 is 11.9 Å². The first-order valence-electron chi connectivity index (χ1n) is 11.7. The third kappa shape index (κ3) is 8.82. The molecule has 10 nitrogen and oxygen atoms in total. The second-order valence-electron chi connectivity index (χ2n) is 7.86. The summed E-state index contributed by atoms with van der Waals surface area (Å²) in [7, 11) is 0. The zero-order valence-electron chi connectivity index (χ0n) is 20.5. The first kappa shape index (κ1) is 24.3. The lowest BCUT2D eigenvalue weighted by molar-refractivity contribution is -0.163. The van der Waals surface area contributed by atoms with Gasteiger partial charge in [0.1, 0.15) is 52.5 Å². The number of aliphatic hydroxyl groups excluding tert-OH is 4. The topological polar surface area (TPSA) is 186 Å². The molecule has 2 aromatic rings. The van der Waals surface area contributed by atoms with Crippen molar-refractivity contribution in [2.45, 2.75) is 49.3 Å². The predicted octanol–water partition coefficient (Wildman–Crippen LogP) is -1.34. The van der Waals surface area contributed by atoms with Crippen LogP contribution in [0.3, 0.4) is 0 Å². The number of hydrogen-bond acceptors (Lipinski definition) is 10. The van der Waals surface area contributed by atoms with Crippen LogP contribution >= 0.6 is 0 Å². The maximum atomic E-state index is 12.2. The van der Waals surface area contributed by atoms with Crippen LogP contribution in [0.25, 0.3) is 0 Å². The molecule has 0 aromatic heterocycles. The van der Waals surface area contributed by atoms with Crippen molar-refractivity contribution >= 4 is 11.9 Å². The second-order valence-corrected chi connectivity index (χ2v) is 7.86. The van der Waals surface area contributed by atoms with E-state index in [9.17, 15) is 30.0 Å². The summed E-state index contributed by atoms with van der Waals surface area (Å²) in [4.78, 5) is 24.4. The van der Waals surface area contributed by atoms with Gasteiger partial charge in [0.25, 0.3) is 0 Å². The maximum Gasteiger partial charge on any atom is 0.323 e. The van der Waals surface area contributed by atoms with Gasteiger partial charge in [0.05, 0.1) is 0 Å². The molecule has 0 saturated carbocycles. The van der Waals surface area contributed by atoms with E-state index in [4.69, 9.17) is 12.3 Å². The van der Waals surface area contributed by atoms with E-state index < -0.39 is 61.7 Å². The summed E-state index contributed by atoms with van der Waals surface area (Å²) >= 11 is 0. The fourth-order valence-electron chi connectivity index (χ4n) is 3.05. The molecule has 0 heterocycles. The van der Waals surface area contributed by atoms with Crippen molar-refractivity contribution in [2.75, 3.05) is 13.2 Å². The molecule has 0 unspecified atom stereocenters. The molecule has 0 aliphatic carbocycles. The number of aliphatic hydroxyl groups is 4. The summed E-state index contributed by atoms with van der Waals surface area (Å²) < 4.78 is 24.5. The average molecular weight is 479 g/mol. The van der Waals surface area contributed by atoms with E-state index in [1.165, 1.54) is 0 Å². The van der Waals surface area contributed by atoms with E-state index in [2.05, 4.69) is 11.5 Å². The summed E-state index contributed by atoms with van der Waals surface area (Å²) in [6.07, 6.45) is -7.08. The van der Waals surface area contributed by atoms with Crippen molar-refractivity contribution in [1.82, 2.24) is 0 Å². The zero-order chi connectivity index (χ0) is 26.5. The highest BCUT2D eigenvalue weighted by atomic mass is 16.6. The quantitative estimate of drug-likeness (QED) is 0.167. The molecule has 0 fully saturated rings. The molecule has 2 aromatic carbocycles. The van der Waals surface area contributed by atoms with Crippen molar-refractivity contribution in [2.24, 2.45) is 11.5 Å². The Kier molecular flexibility index (Phi) is 9.82. The van der Waals surface area contributed by atoms with E-state index in [0.29, 0.717) is 0 Å². The van der Waals surface area contributed by atoms with E-state index in [1.54, 1.807) is 60.7 Å². The average Bonchev–Trinajstić information content (AvgIpc) is 2.91. The van der Waals surface area contributed by atoms with Crippen molar-refractivity contribution in [3.63, 3.8) is 0 Å². The zero-order valence-corrected chi connectivity index (χ0v) is 18.5. The SMILES string of the molecule is [2H]N[C@@H](Cc1ccccc1)C(=O)OC[C@@H](O)[C@@H](O)[C@H](O)[C@H](O)COC(=O)[C@H](Cc1ccccc1)N[2H]. The maximum absolute atomic E-state index is 12.2. The normalized spacial score (nSPS) is 17.3. The lowest BCUT2D eigenvalue weighted by Gasteiger charge is -2.26. The number of ether oxygens (including phenoxy) is 2. The Balaban J connectivity index is 1.79. The van der Waals surface area contributed by atoms with Crippen molar-refractivity contribution < 1.29 is 42.3 Å². The number of benzene rings is 2. The van der Waals surface area contributed by atoms with Gasteiger partial charge in [-0.05, 0) is 24.0 Å². The van der Waals surface area contributed by atoms with Gasteiger partial charge in [0, 0.05) is 0 Å². The van der Waals surface area contributed by atoms with E-state index in [1.807, 2.05) is 0 Å². The summed E-state index contributed by atoms with van der Waals surface area (Å²) in [5, 5.41) is 40.4. The summed E-state index contributed by atoms with van der Waals surface area (Å²) in [6, 6.07) is 15.7. The first-order chi connectivity index (χ1) is 17.3. The molecule has 0 saturated heterocycles. The molecule has 8 N–H and O–H groups in total. The third-order valence-corrected chi connectivity index (χ3v) is 5.07. The highest BCUT2D eigenvalue weighted by Gasteiger charge is 2.32. The number of hydrogen-bond donors (Lipinski definition) is 6. The molecule has 10 heteroatoms. The smallest absolute Gasteiger partial charge is 0.323 e. The number of rotatable bonds is 15. The van der Waals surface area contributed by atoms with Gasteiger partial charge in [0.2, 0.25) is 0 Å². The Labute approximate surface area is 200 Å². The molecule has 0 spiro atoms. The van der Waals surface area contributed by atoms with E-state index >= 15 is 0 Å². The van der Waals surface area contributed by atoms with Crippen molar-refractivity contribution in [3.05, 3.63) is 71.8 Å². The number of esters is 2. The molecular formula is C24H32N2O8. The van der Waals surface area contributed by atoms with Gasteiger partial charge in [-0.15, -0.1) is 0 Å². The Hall–Kier alpha value is -2.86. The number of carbonyl (C=O) groups excluding carboxylic acids is 2. The molecule has 186 valence electrons. The van der Waals surface area contributed by atoms with Crippen molar-refractivity contribution in [3.8, 4) is 0 Å². The molecule has 0 radical (unpaired) electrons. The molecule has 34 heavy (non-hydrogen) atoms. The fourth-order valence-corrected chi connectivity index (χ4v) is 3.05. The largest absolute Gasteiger partial charge is 0.462 e. The van der Waals surface area contributed by atoms with Crippen LogP contribution in [0.5, 0.6) is 0 Å². The number of carbonyl (C=O) groups is 2. The molecule has 2 rings (SSSR count). The van der Waals surface area contributed by atoms with Crippen LogP contribution in [-0.2, 0) is 31.9 Å². The molecule has 6 atom stereocenters. The van der Waals surface area contributed by atoms with Gasteiger partial charge < -0.3 is 41.4 Å². The Morgan fingerprint density at radius 1 is 0.706 bits per heavy atom. The third-order valence-electron chi connectivity index (χ3n) is 5.07. The van der Waals surface area contributed by atoms with Crippen molar-refractivity contribution in [1.29, 1.82) is 0 Å². The van der Waals surface area contributed by atoms with Crippen LogP contribution < -0.4 is 11.5 Å². The fraction of sp³-hybridized carbons (Fsp3) is 0.417. The Morgan fingerprint density at radius 3 is 1.38 bits per heavy atom. The summed E-state index contributed by atoms with van der Waals surface area (Å²) in [6.45, 7) is -1.42. The second kappa shape index (κ2) is 13.8. The summed E-state index contributed by atoms with van der Waals surface area (Å²) in [5.74, 6) is -1.70. The van der Waals surface area contributed by atoms with Crippen LogP contribution in [0.15, 0.2) is 60.7 Å². The molecule has 0 bridgehead atoms. The molecule has 0 amide bonds. The standard InChI is InChI=1S/C24H32N2O8/c25-17(11-15-7-3-1-4-8-15)23(31)33-13-19(27)21(29)22(30)20(28)14-34-24(32)18(26)12-16-9-5-2-6-10-16/h1-10,17-22,27-30H,11-14,25-26H2/t17-,18-,19+,20+,21+,22+/m0/s1/i/hD2. The highest BCUT2D eigenvalue weighted by Crippen LogP contribution is 2.09. The van der Waals surface area contributed by atoms with Crippen LogP contribution in [-0.4, -0.2) is 82.1 Å².